The highest BCUT2D eigenvalue weighted by molar-refractivity contribution is 5.85. The van der Waals surface area contributed by atoms with E-state index < -0.39 is 5.97 Å². The summed E-state index contributed by atoms with van der Waals surface area (Å²) in [6.07, 6.45) is 2.69. The van der Waals surface area contributed by atoms with E-state index in [9.17, 15) is 4.79 Å². The van der Waals surface area contributed by atoms with Crippen LogP contribution in [0.1, 0.15) is 16.4 Å². The van der Waals surface area contributed by atoms with Crippen molar-refractivity contribution in [3.05, 3.63) is 30.3 Å². The lowest BCUT2D eigenvalue weighted by atomic mass is 10.5. The Morgan fingerprint density at radius 1 is 1.53 bits per heavy atom. The van der Waals surface area contributed by atoms with Crippen LogP contribution in [0.2, 0.25) is 0 Å². The Kier molecular flexibility index (Phi) is 3.24. The van der Waals surface area contributed by atoms with E-state index in [4.69, 9.17) is 0 Å². The van der Waals surface area contributed by atoms with Crippen molar-refractivity contribution in [3.8, 4) is 0 Å². The third-order valence-electron chi connectivity index (χ3n) is 1.86. The van der Waals surface area contributed by atoms with Crippen molar-refractivity contribution in [2.75, 3.05) is 12.4 Å². The van der Waals surface area contributed by atoms with Gasteiger partial charge in [0.25, 0.3) is 0 Å². The van der Waals surface area contributed by atoms with E-state index in [1.54, 1.807) is 6.07 Å². The molecule has 0 saturated heterocycles. The van der Waals surface area contributed by atoms with E-state index >= 15 is 0 Å². The van der Waals surface area contributed by atoms with Gasteiger partial charge in [-0.1, -0.05) is 5.16 Å². The van der Waals surface area contributed by atoms with Gasteiger partial charge in [-0.25, -0.2) is 14.8 Å². The highest BCUT2D eigenvalue weighted by Gasteiger charge is 2.09. The van der Waals surface area contributed by atoms with E-state index in [0.717, 1.165) is 0 Å². The summed E-state index contributed by atoms with van der Waals surface area (Å²) in [5, 5.41) is 6.54. The summed E-state index contributed by atoms with van der Waals surface area (Å²) < 4.78 is 9.08. The third-order valence-corrected chi connectivity index (χ3v) is 1.86. The van der Waals surface area contributed by atoms with Crippen LogP contribution in [-0.2, 0) is 11.3 Å². The predicted octanol–water partition coefficient (Wildman–Crippen LogP) is 0.258. The van der Waals surface area contributed by atoms with Crippen LogP contribution in [0.3, 0.4) is 0 Å². The number of hydrogen-bond acceptors (Lipinski definition) is 8. The van der Waals surface area contributed by atoms with Crippen LogP contribution in [0.25, 0.3) is 0 Å². The van der Waals surface area contributed by atoms with Gasteiger partial charge >= 0.3 is 5.97 Å². The molecule has 88 valence electrons. The Bertz CT molecular complexity index is 499. The first-order chi connectivity index (χ1) is 8.29. The van der Waals surface area contributed by atoms with Gasteiger partial charge in [-0.05, 0) is 6.07 Å². The molecule has 0 aliphatic rings. The zero-order valence-electron chi connectivity index (χ0n) is 8.95. The number of ether oxygens (including phenoxy) is 1. The maximum Gasteiger partial charge on any atom is 0.376 e. The molecule has 0 amide bonds. The number of methoxy groups -OCH3 is 1. The summed E-state index contributed by atoms with van der Waals surface area (Å²) in [6.45, 7) is 0.341. The van der Waals surface area contributed by atoms with E-state index in [-0.39, 0.29) is 5.82 Å². The minimum absolute atomic E-state index is 0.00869. The molecule has 0 aliphatic heterocycles. The zero-order chi connectivity index (χ0) is 12.1. The highest BCUT2D eigenvalue weighted by atomic mass is 16.5. The lowest BCUT2D eigenvalue weighted by molar-refractivity contribution is 0.0587. The maximum atomic E-state index is 11.2. The van der Waals surface area contributed by atoms with Gasteiger partial charge in [0.15, 0.2) is 5.82 Å². The lowest BCUT2D eigenvalue weighted by Crippen LogP contribution is -2.10. The second kappa shape index (κ2) is 5.01. The molecule has 0 aliphatic carbocycles. The molecule has 0 aromatic carbocycles. The smallest absolute Gasteiger partial charge is 0.376 e. The number of aromatic nitrogens is 4. The van der Waals surface area contributed by atoms with Crippen LogP contribution < -0.4 is 5.32 Å². The van der Waals surface area contributed by atoms with Gasteiger partial charge in [0.2, 0.25) is 12.2 Å². The summed E-state index contributed by atoms with van der Waals surface area (Å²) >= 11 is 0. The molecule has 0 unspecified atom stereocenters. The molecular weight excluding hydrogens is 226 g/mol. The van der Waals surface area contributed by atoms with E-state index in [2.05, 4.69) is 34.7 Å². The first-order valence-electron chi connectivity index (χ1n) is 4.70. The summed E-state index contributed by atoms with van der Waals surface area (Å²) in [5.74, 6) is 0.368. The van der Waals surface area contributed by atoms with Gasteiger partial charge < -0.3 is 14.6 Å². The average molecular weight is 235 g/mol. The first kappa shape index (κ1) is 11.0. The van der Waals surface area contributed by atoms with Gasteiger partial charge in [0, 0.05) is 6.20 Å². The molecule has 8 nitrogen and oxygen atoms in total. The first-order valence-corrected chi connectivity index (χ1v) is 4.70. The Labute approximate surface area is 96.0 Å². The van der Waals surface area contributed by atoms with E-state index in [1.807, 2.05) is 0 Å². The van der Waals surface area contributed by atoms with Crippen LogP contribution >= 0.6 is 0 Å². The minimum Gasteiger partial charge on any atom is -0.463 e. The monoisotopic (exact) mass is 235 g/mol. The van der Waals surface area contributed by atoms with Crippen molar-refractivity contribution in [2.24, 2.45) is 0 Å². The van der Waals surface area contributed by atoms with Crippen LogP contribution in [0.5, 0.6) is 0 Å². The van der Waals surface area contributed by atoms with Crippen molar-refractivity contribution in [3.63, 3.8) is 0 Å². The predicted molar refractivity (Wildman–Crippen MR) is 55.0 cm³/mol. The topological polar surface area (TPSA) is 103 Å². The molecule has 2 heterocycles. The van der Waals surface area contributed by atoms with Crippen LogP contribution in [-0.4, -0.2) is 33.2 Å². The van der Waals surface area contributed by atoms with Gasteiger partial charge in [-0.3, -0.25) is 0 Å². The normalized spacial score (nSPS) is 9.94. The number of esters is 1. The molecule has 1 N–H and O–H groups in total. The molecule has 8 heteroatoms. The Morgan fingerprint density at radius 2 is 2.41 bits per heavy atom. The average Bonchev–Trinajstić information content (AvgIpc) is 2.89. The zero-order valence-corrected chi connectivity index (χ0v) is 8.95. The molecule has 0 spiro atoms. The largest absolute Gasteiger partial charge is 0.463 e. The van der Waals surface area contributed by atoms with E-state index in [1.165, 1.54) is 19.7 Å². The van der Waals surface area contributed by atoms with Gasteiger partial charge in [-0.2, -0.15) is 4.98 Å². The van der Waals surface area contributed by atoms with Crippen LogP contribution in [0.4, 0.5) is 5.82 Å². The number of anilines is 1. The molecule has 0 bridgehead atoms. The molecule has 0 fully saturated rings. The van der Waals surface area contributed by atoms with Gasteiger partial charge in [0.05, 0.1) is 13.7 Å². The fraction of sp³-hybridized carbons (Fsp3) is 0.222. The number of carbonyl (C=O) groups excluding carboxylic acids is 1. The summed E-state index contributed by atoms with van der Waals surface area (Å²) in [5.41, 5.74) is 0. The van der Waals surface area contributed by atoms with Gasteiger partial charge in [-0.15, -0.1) is 0 Å². The molecule has 17 heavy (non-hydrogen) atoms. The molecule has 0 atom stereocenters. The molecule has 2 rings (SSSR count). The SMILES string of the molecule is COC(=O)c1nccc(NCc2ncon2)n1. The van der Waals surface area contributed by atoms with Gasteiger partial charge in [0.1, 0.15) is 5.82 Å². The minimum atomic E-state index is -0.590. The summed E-state index contributed by atoms with van der Waals surface area (Å²) in [7, 11) is 1.27. The van der Waals surface area contributed by atoms with Crippen LogP contribution in [0, 0.1) is 0 Å². The maximum absolute atomic E-state index is 11.2. The number of carbonyl (C=O) groups is 1. The molecular formula is C9H9N5O3. The van der Waals surface area contributed by atoms with Crippen molar-refractivity contribution < 1.29 is 14.1 Å². The fourth-order valence-electron chi connectivity index (χ4n) is 1.09. The summed E-state index contributed by atoms with van der Waals surface area (Å²) in [4.78, 5) is 22.8. The van der Waals surface area contributed by atoms with Crippen molar-refractivity contribution in [1.29, 1.82) is 0 Å². The Hall–Kier alpha value is -2.51. The molecule has 0 radical (unpaired) electrons. The fourth-order valence-corrected chi connectivity index (χ4v) is 1.09. The highest BCUT2D eigenvalue weighted by Crippen LogP contribution is 2.04. The second-order valence-electron chi connectivity index (χ2n) is 2.96. The molecule has 2 aromatic rings. The van der Waals surface area contributed by atoms with Crippen molar-refractivity contribution in [2.45, 2.75) is 6.54 Å². The lowest BCUT2D eigenvalue weighted by Gasteiger charge is -2.03. The molecule has 0 saturated carbocycles. The Balaban J connectivity index is 2.03. The number of rotatable bonds is 4. The van der Waals surface area contributed by atoms with Crippen molar-refractivity contribution >= 4 is 11.8 Å². The van der Waals surface area contributed by atoms with E-state index in [0.29, 0.717) is 18.2 Å². The third kappa shape index (κ3) is 2.74. The number of nitrogens with one attached hydrogen (secondary N) is 1. The summed E-state index contributed by atoms with van der Waals surface area (Å²) in [6, 6.07) is 1.62. The quantitative estimate of drug-likeness (QED) is 0.752. The molecule has 2 aromatic heterocycles. The standard InChI is InChI=1S/C9H9N5O3/c1-16-9(15)8-10-3-2-6(13-8)11-4-7-12-5-17-14-7/h2-3,5H,4H2,1H3,(H,10,11,13). The van der Waals surface area contributed by atoms with Crippen molar-refractivity contribution in [1.82, 2.24) is 20.1 Å². The number of hydrogen-bond donors (Lipinski definition) is 1. The Morgan fingerprint density at radius 3 is 3.12 bits per heavy atom. The number of nitrogens with zero attached hydrogens (tertiary/aromatic N) is 4. The van der Waals surface area contributed by atoms with Crippen LogP contribution in [0.15, 0.2) is 23.2 Å². The second-order valence-corrected chi connectivity index (χ2v) is 2.96.